The van der Waals surface area contributed by atoms with Gasteiger partial charge >= 0.3 is 6.03 Å². The number of nitrogens with zero attached hydrogens (tertiary/aromatic N) is 2. The Morgan fingerprint density at radius 2 is 1.90 bits per heavy atom. The summed E-state index contributed by atoms with van der Waals surface area (Å²) in [5, 5.41) is 8.58. The molecule has 0 fully saturated rings. The van der Waals surface area contributed by atoms with Crippen molar-refractivity contribution in [3.63, 3.8) is 0 Å². The summed E-state index contributed by atoms with van der Waals surface area (Å²) in [7, 11) is 3.32. The Kier molecular flexibility index (Phi) is 7.00. The zero-order chi connectivity index (χ0) is 15.7. The van der Waals surface area contributed by atoms with Gasteiger partial charge in [-0.05, 0) is 18.6 Å². The first-order valence-corrected chi connectivity index (χ1v) is 6.98. The van der Waals surface area contributed by atoms with E-state index in [4.69, 9.17) is 0 Å². The summed E-state index contributed by atoms with van der Waals surface area (Å²) < 4.78 is 0. The fourth-order valence-corrected chi connectivity index (χ4v) is 1.53. The highest BCUT2D eigenvalue weighted by Crippen LogP contribution is 2.07. The summed E-state index contributed by atoms with van der Waals surface area (Å²) in [5.41, 5.74) is 1.23. The van der Waals surface area contributed by atoms with Crippen LogP contribution in [0.4, 0.5) is 10.5 Å². The maximum Gasteiger partial charge on any atom is 0.316 e. The van der Waals surface area contributed by atoms with Crippen LogP contribution < -0.4 is 16.0 Å². The molecular weight excluding hydrogens is 270 g/mol. The van der Waals surface area contributed by atoms with Gasteiger partial charge in [-0.15, -0.1) is 0 Å². The van der Waals surface area contributed by atoms with Crippen LogP contribution in [-0.2, 0) is 0 Å². The lowest BCUT2D eigenvalue weighted by molar-refractivity contribution is 0.0948. The molecule has 0 aromatic carbocycles. The minimum atomic E-state index is -0.255. The molecule has 1 aromatic rings. The van der Waals surface area contributed by atoms with Crippen molar-refractivity contribution in [1.82, 2.24) is 20.5 Å². The second-order valence-corrected chi connectivity index (χ2v) is 4.74. The van der Waals surface area contributed by atoms with Crippen LogP contribution in [-0.4, -0.2) is 55.6 Å². The summed E-state index contributed by atoms with van der Waals surface area (Å²) in [5.74, 6) is -0.255. The Hall–Kier alpha value is -2.31. The smallest absolute Gasteiger partial charge is 0.316 e. The highest BCUT2D eigenvalue weighted by atomic mass is 16.2. The van der Waals surface area contributed by atoms with Gasteiger partial charge in [-0.3, -0.25) is 9.78 Å². The van der Waals surface area contributed by atoms with Crippen LogP contribution in [0.2, 0.25) is 0 Å². The van der Waals surface area contributed by atoms with Gasteiger partial charge in [0.1, 0.15) is 5.69 Å². The average molecular weight is 293 g/mol. The molecule has 0 saturated carbocycles. The summed E-state index contributed by atoms with van der Waals surface area (Å²) >= 11 is 0. The molecule has 7 nitrogen and oxygen atoms in total. The van der Waals surface area contributed by atoms with Gasteiger partial charge in [-0.1, -0.05) is 6.92 Å². The minimum absolute atomic E-state index is 0.187. The van der Waals surface area contributed by atoms with Gasteiger partial charge in [0.05, 0.1) is 0 Å². The Morgan fingerprint density at radius 1 is 1.19 bits per heavy atom. The molecule has 0 atom stereocenters. The largest absolute Gasteiger partial charge is 0.385 e. The number of urea groups is 1. The van der Waals surface area contributed by atoms with Crippen molar-refractivity contribution in [3.8, 4) is 0 Å². The van der Waals surface area contributed by atoms with Crippen molar-refractivity contribution >= 4 is 17.6 Å². The third kappa shape index (κ3) is 6.11. The molecule has 1 aromatic heterocycles. The lowest BCUT2D eigenvalue weighted by Crippen LogP contribution is -2.39. The molecule has 3 amide bonds. The summed E-state index contributed by atoms with van der Waals surface area (Å²) in [6.07, 6.45) is 2.61. The first-order valence-electron chi connectivity index (χ1n) is 6.98. The van der Waals surface area contributed by atoms with Gasteiger partial charge in [0.15, 0.2) is 0 Å². The molecule has 0 unspecified atom stereocenters. The van der Waals surface area contributed by atoms with Gasteiger partial charge < -0.3 is 20.9 Å². The van der Waals surface area contributed by atoms with Gasteiger partial charge in [0.25, 0.3) is 5.91 Å². The molecule has 0 spiro atoms. The Balaban J connectivity index is 2.39. The third-order valence-corrected chi connectivity index (χ3v) is 2.66. The van der Waals surface area contributed by atoms with Crippen molar-refractivity contribution in [2.45, 2.75) is 13.3 Å². The van der Waals surface area contributed by atoms with Crippen molar-refractivity contribution in [2.75, 3.05) is 39.0 Å². The Labute approximate surface area is 125 Å². The Morgan fingerprint density at radius 3 is 2.57 bits per heavy atom. The van der Waals surface area contributed by atoms with E-state index in [2.05, 4.69) is 27.9 Å². The average Bonchev–Trinajstić information content (AvgIpc) is 2.49. The number of rotatable bonds is 7. The maximum absolute atomic E-state index is 11.9. The van der Waals surface area contributed by atoms with E-state index in [0.29, 0.717) is 18.8 Å². The highest BCUT2D eigenvalue weighted by molar-refractivity contribution is 5.93. The van der Waals surface area contributed by atoms with Crippen LogP contribution >= 0.6 is 0 Å². The predicted molar refractivity (Wildman–Crippen MR) is 82.4 cm³/mol. The second-order valence-electron chi connectivity index (χ2n) is 4.74. The molecule has 21 heavy (non-hydrogen) atoms. The van der Waals surface area contributed by atoms with Crippen molar-refractivity contribution in [2.24, 2.45) is 0 Å². The minimum Gasteiger partial charge on any atom is -0.385 e. The zero-order valence-corrected chi connectivity index (χ0v) is 12.8. The summed E-state index contributed by atoms with van der Waals surface area (Å²) in [4.78, 5) is 28.7. The van der Waals surface area contributed by atoms with E-state index in [-0.39, 0.29) is 11.9 Å². The fourth-order valence-electron chi connectivity index (χ4n) is 1.53. The first-order chi connectivity index (χ1) is 10.0. The quantitative estimate of drug-likeness (QED) is 0.652. The molecule has 7 heteroatoms. The molecule has 0 bridgehead atoms. The number of carbonyl (C=O) groups is 2. The molecule has 0 radical (unpaired) electrons. The van der Waals surface area contributed by atoms with Gasteiger partial charge in [0, 0.05) is 45.6 Å². The van der Waals surface area contributed by atoms with E-state index in [9.17, 15) is 9.59 Å². The van der Waals surface area contributed by atoms with Crippen LogP contribution in [0.15, 0.2) is 18.3 Å². The van der Waals surface area contributed by atoms with E-state index in [1.807, 2.05) is 6.07 Å². The molecule has 1 rings (SSSR count). The molecule has 0 aliphatic rings. The van der Waals surface area contributed by atoms with Crippen LogP contribution in [0, 0.1) is 0 Å². The van der Waals surface area contributed by atoms with E-state index in [1.165, 1.54) is 4.90 Å². The molecule has 116 valence electrons. The lowest BCUT2D eigenvalue weighted by atomic mass is 10.3. The van der Waals surface area contributed by atoms with E-state index in [0.717, 1.165) is 18.7 Å². The van der Waals surface area contributed by atoms with Crippen LogP contribution in [0.5, 0.6) is 0 Å². The molecule has 0 aliphatic carbocycles. The Bertz CT molecular complexity index is 476. The topological polar surface area (TPSA) is 86.4 Å². The second kappa shape index (κ2) is 8.78. The van der Waals surface area contributed by atoms with E-state index in [1.54, 1.807) is 26.4 Å². The van der Waals surface area contributed by atoms with E-state index >= 15 is 0 Å². The number of hydrogen-bond donors (Lipinski definition) is 3. The van der Waals surface area contributed by atoms with Crippen LogP contribution in [0.25, 0.3) is 0 Å². The molecule has 0 aliphatic heterocycles. The van der Waals surface area contributed by atoms with Gasteiger partial charge in [-0.2, -0.15) is 0 Å². The molecular formula is C14H23N5O2. The van der Waals surface area contributed by atoms with Crippen LogP contribution in [0.3, 0.4) is 0 Å². The monoisotopic (exact) mass is 293 g/mol. The fraction of sp³-hybridized carbons (Fsp3) is 0.500. The standard InChI is InChI=1S/C14H23N5O2/c1-4-6-15-11-5-7-16-12(10-11)13(20)17-8-9-18-14(21)19(2)3/h5,7,10H,4,6,8-9H2,1-3H3,(H,15,16)(H,17,20)(H,18,21). The number of nitrogens with one attached hydrogen (secondary N) is 3. The van der Waals surface area contributed by atoms with Crippen molar-refractivity contribution < 1.29 is 9.59 Å². The number of anilines is 1. The third-order valence-electron chi connectivity index (χ3n) is 2.66. The van der Waals surface area contributed by atoms with Gasteiger partial charge in [-0.25, -0.2) is 4.79 Å². The number of aromatic nitrogens is 1. The molecule has 1 heterocycles. The SMILES string of the molecule is CCCNc1ccnc(C(=O)NCCNC(=O)N(C)C)c1. The number of carbonyl (C=O) groups excluding carboxylic acids is 2. The van der Waals surface area contributed by atoms with Crippen LogP contribution in [0.1, 0.15) is 23.8 Å². The molecule has 3 N–H and O–H groups in total. The maximum atomic E-state index is 11.9. The normalized spacial score (nSPS) is 9.86. The highest BCUT2D eigenvalue weighted by Gasteiger charge is 2.08. The number of hydrogen-bond acceptors (Lipinski definition) is 4. The van der Waals surface area contributed by atoms with Crippen molar-refractivity contribution in [3.05, 3.63) is 24.0 Å². The number of amides is 3. The lowest BCUT2D eigenvalue weighted by Gasteiger charge is -2.12. The summed E-state index contributed by atoms with van der Waals surface area (Å²) in [6.45, 7) is 3.65. The first kappa shape index (κ1) is 16.7. The molecule has 0 saturated heterocycles. The zero-order valence-electron chi connectivity index (χ0n) is 12.8. The van der Waals surface area contributed by atoms with Crippen molar-refractivity contribution in [1.29, 1.82) is 0 Å². The number of pyridine rings is 1. The summed E-state index contributed by atoms with van der Waals surface area (Å²) in [6, 6.07) is 3.35. The van der Waals surface area contributed by atoms with Gasteiger partial charge in [0.2, 0.25) is 0 Å². The predicted octanol–water partition coefficient (Wildman–Crippen LogP) is 0.904. The van der Waals surface area contributed by atoms with E-state index < -0.39 is 0 Å².